The SMILES string of the molecule is C[C@@]1(c2cccc([N+](=O)[O-])c2)NC(=O)N(CCOc2ccccc2)C1=O. The first-order valence-corrected chi connectivity index (χ1v) is 7.99. The highest BCUT2D eigenvalue weighted by molar-refractivity contribution is 6.07. The third-order valence-electron chi connectivity index (χ3n) is 4.24. The molecule has 2 aromatic rings. The van der Waals surface area contributed by atoms with Crippen molar-refractivity contribution in [3.05, 3.63) is 70.3 Å². The van der Waals surface area contributed by atoms with Gasteiger partial charge in [0.1, 0.15) is 17.9 Å². The molecule has 0 saturated carbocycles. The number of imide groups is 1. The van der Waals surface area contributed by atoms with Gasteiger partial charge in [0, 0.05) is 12.1 Å². The normalized spacial score (nSPS) is 19.3. The number of ether oxygens (including phenoxy) is 1. The standard InChI is InChI=1S/C18H17N3O5/c1-18(13-6-5-7-14(12-13)21(24)25)16(22)20(17(23)19-18)10-11-26-15-8-3-2-4-9-15/h2-9,12H,10-11H2,1H3,(H,19,23)/t18-/m0/s1. The Hall–Kier alpha value is -3.42. The van der Waals surface area contributed by atoms with E-state index in [2.05, 4.69) is 5.32 Å². The number of carbonyl (C=O) groups excluding carboxylic acids is 2. The summed E-state index contributed by atoms with van der Waals surface area (Å²) in [6, 6.07) is 14.2. The second kappa shape index (κ2) is 6.83. The van der Waals surface area contributed by atoms with E-state index in [1.165, 1.54) is 25.1 Å². The number of hydrogen-bond donors (Lipinski definition) is 1. The fourth-order valence-electron chi connectivity index (χ4n) is 2.80. The van der Waals surface area contributed by atoms with Crippen LogP contribution in [-0.4, -0.2) is 34.9 Å². The van der Waals surface area contributed by atoms with Gasteiger partial charge in [0.2, 0.25) is 0 Å². The van der Waals surface area contributed by atoms with Crippen molar-refractivity contribution < 1.29 is 19.2 Å². The van der Waals surface area contributed by atoms with E-state index in [4.69, 9.17) is 4.74 Å². The molecule has 3 rings (SSSR count). The minimum Gasteiger partial charge on any atom is -0.492 e. The summed E-state index contributed by atoms with van der Waals surface area (Å²) in [6.45, 7) is 1.75. The third-order valence-corrected chi connectivity index (χ3v) is 4.24. The molecule has 0 spiro atoms. The fraction of sp³-hybridized carbons (Fsp3) is 0.222. The van der Waals surface area contributed by atoms with Gasteiger partial charge in [-0.05, 0) is 24.6 Å². The molecule has 0 aromatic heterocycles. The van der Waals surface area contributed by atoms with Crippen LogP contribution in [0.3, 0.4) is 0 Å². The summed E-state index contributed by atoms with van der Waals surface area (Å²) < 4.78 is 5.53. The van der Waals surface area contributed by atoms with E-state index in [0.29, 0.717) is 11.3 Å². The molecule has 1 fully saturated rings. The number of nitro groups is 1. The Morgan fingerprint density at radius 3 is 2.58 bits per heavy atom. The average Bonchev–Trinajstić information content (AvgIpc) is 2.87. The molecule has 0 aliphatic carbocycles. The van der Waals surface area contributed by atoms with E-state index in [-0.39, 0.29) is 18.8 Å². The maximum atomic E-state index is 12.8. The molecule has 1 aliphatic rings. The molecule has 26 heavy (non-hydrogen) atoms. The van der Waals surface area contributed by atoms with Crippen LogP contribution in [0.15, 0.2) is 54.6 Å². The molecule has 8 nitrogen and oxygen atoms in total. The molecule has 1 saturated heterocycles. The van der Waals surface area contributed by atoms with Crippen LogP contribution >= 0.6 is 0 Å². The van der Waals surface area contributed by atoms with Gasteiger partial charge in [0.15, 0.2) is 0 Å². The number of nitro benzene ring substituents is 1. The molecular weight excluding hydrogens is 338 g/mol. The molecular formula is C18H17N3O5. The van der Waals surface area contributed by atoms with Crippen molar-refractivity contribution in [3.8, 4) is 5.75 Å². The maximum Gasteiger partial charge on any atom is 0.325 e. The summed E-state index contributed by atoms with van der Waals surface area (Å²) in [6.07, 6.45) is 0. The number of non-ortho nitro benzene ring substituents is 1. The lowest BCUT2D eigenvalue weighted by Gasteiger charge is -2.22. The Balaban J connectivity index is 1.73. The largest absolute Gasteiger partial charge is 0.492 e. The summed E-state index contributed by atoms with van der Waals surface area (Å²) in [5, 5.41) is 13.6. The van der Waals surface area contributed by atoms with Crippen molar-refractivity contribution in [1.29, 1.82) is 0 Å². The minimum absolute atomic E-state index is 0.0735. The summed E-state index contributed by atoms with van der Waals surface area (Å²) in [4.78, 5) is 36.5. The van der Waals surface area contributed by atoms with Crippen LogP contribution in [0.25, 0.3) is 0 Å². The van der Waals surface area contributed by atoms with Crippen LogP contribution in [-0.2, 0) is 10.3 Å². The smallest absolute Gasteiger partial charge is 0.325 e. The monoisotopic (exact) mass is 355 g/mol. The molecule has 1 heterocycles. The van der Waals surface area contributed by atoms with Gasteiger partial charge in [0.05, 0.1) is 11.5 Å². The zero-order valence-electron chi connectivity index (χ0n) is 14.0. The molecule has 1 atom stereocenters. The van der Waals surface area contributed by atoms with Crippen LogP contribution in [0.5, 0.6) is 5.75 Å². The van der Waals surface area contributed by atoms with Crippen LogP contribution in [0, 0.1) is 10.1 Å². The van der Waals surface area contributed by atoms with E-state index in [0.717, 1.165) is 4.90 Å². The Kier molecular flexibility index (Phi) is 4.57. The van der Waals surface area contributed by atoms with Crippen LogP contribution in [0.4, 0.5) is 10.5 Å². The van der Waals surface area contributed by atoms with Crippen LogP contribution in [0.2, 0.25) is 0 Å². The molecule has 0 bridgehead atoms. The second-order valence-corrected chi connectivity index (χ2v) is 5.98. The number of nitrogens with zero attached hydrogens (tertiary/aromatic N) is 2. The molecule has 0 radical (unpaired) electrons. The quantitative estimate of drug-likeness (QED) is 0.487. The number of amides is 3. The van der Waals surface area contributed by atoms with Gasteiger partial charge in [-0.25, -0.2) is 4.79 Å². The van der Waals surface area contributed by atoms with Crippen molar-refractivity contribution in [3.63, 3.8) is 0 Å². The minimum atomic E-state index is -1.35. The molecule has 0 unspecified atom stereocenters. The van der Waals surface area contributed by atoms with Gasteiger partial charge in [-0.3, -0.25) is 19.8 Å². The summed E-state index contributed by atoms with van der Waals surface area (Å²) in [5.74, 6) is 0.167. The van der Waals surface area contributed by atoms with Crippen LogP contribution in [0.1, 0.15) is 12.5 Å². The first-order valence-electron chi connectivity index (χ1n) is 7.99. The number of rotatable bonds is 6. The van der Waals surface area contributed by atoms with Crippen molar-refractivity contribution in [1.82, 2.24) is 10.2 Å². The zero-order valence-corrected chi connectivity index (χ0v) is 14.0. The number of urea groups is 1. The summed E-state index contributed by atoms with van der Waals surface area (Å²) in [5.41, 5.74) is -1.14. The van der Waals surface area contributed by atoms with E-state index in [9.17, 15) is 19.7 Å². The predicted molar refractivity (Wildman–Crippen MR) is 92.6 cm³/mol. The second-order valence-electron chi connectivity index (χ2n) is 5.98. The molecule has 1 aliphatic heterocycles. The van der Waals surface area contributed by atoms with Crippen LogP contribution < -0.4 is 10.1 Å². The summed E-state index contributed by atoms with van der Waals surface area (Å²) >= 11 is 0. The number of para-hydroxylation sites is 1. The maximum absolute atomic E-state index is 12.8. The van der Waals surface area contributed by atoms with Gasteiger partial charge in [-0.15, -0.1) is 0 Å². The van der Waals surface area contributed by atoms with Gasteiger partial charge in [-0.1, -0.05) is 30.3 Å². The van der Waals surface area contributed by atoms with Crippen molar-refractivity contribution in [2.45, 2.75) is 12.5 Å². The van der Waals surface area contributed by atoms with E-state index >= 15 is 0 Å². The highest BCUT2D eigenvalue weighted by atomic mass is 16.6. The molecule has 2 aromatic carbocycles. The topological polar surface area (TPSA) is 102 Å². The van der Waals surface area contributed by atoms with Crippen molar-refractivity contribution >= 4 is 17.6 Å². The van der Waals surface area contributed by atoms with Crippen molar-refractivity contribution in [2.24, 2.45) is 0 Å². The average molecular weight is 355 g/mol. The molecule has 134 valence electrons. The lowest BCUT2D eigenvalue weighted by Crippen LogP contribution is -2.41. The Morgan fingerprint density at radius 1 is 1.15 bits per heavy atom. The van der Waals surface area contributed by atoms with E-state index < -0.39 is 22.4 Å². The number of nitrogens with one attached hydrogen (secondary N) is 1. The highest BCUT2D eigenvalue weighted by Crippen LogP contribution is 2.30. The lowest BCUT2D eigenvalue weighted by atomic mass is 9.91. The molecule has 3 amide bonds. The Bertz CT molecular complexity index is 855. The highest BCUT2D eigenvalue weighted by Gasteiger charge is 2.49. The van der Waals surface area contributed by atoms with Gasteiger partial charge in [0.25, 0.3) is 11.6 Å². The fourth-order valence-corrected chi connectivity index (χ4v) is 2.80. The summed E-state index contributed by atoms with van der Waals surface area (Å²) in [7, 11) is 0. The molecule has 8 heteroatoms. The zero-order chi connectivity index (χ0) is 18.7. The van der Waals surface area contributed by atoms with Gasteiger partial charge < -0.3 is 10.1 Å². The van der Waals surface area contributed by atoms with E-state index in [1.807, 2.05) is 18.2 Å². The van der Waals surface area contributed by atoms with Crippen molar-refractivity contribution in [2.75, 3.05) is 13.2 Å². The Labute approximate surface area is 149 Å². The van der Waals surface area contributed by atoms with Gasteiger partial charge in [-0.2, -0.15) is 0 Å². The molecule has 1 N–H and O–H groups in total. The number of carbonyl (C=O) groups is 2. The third kappa shape index (κ3) is 3.21. The first kappa shape index (κ1) is 17.4. The number of benzene rings is 2. The Morgan fingerprint density at radius 2 is 1.88 bits per heavy atom. The van der Waals surface area contributed by atoms with E-state index in [1.54, 1.807) is 18.2 Å². The number of hydrogen-bond acceptors (Lipinski definition) is 5. The first-order chi connectivity index (χ1) is 12.4. The predicted octanol–water partition coefficient (Wildman–Crippen LogP) is 2.44. The van der Waals surface area contributed by atoms with Gasteiger partial charge >= 0.3 is 6.03 Å². The lowest BCUT2D eigenvalue weighted by molar-refractivity contribution is -0.385.